The Hall–Kier alpha value is -4.92. The van der Waals surface area contributed by atoms with Crippen molar-refractivity contribution in [2.45, 2.75) is 6.04 Å². The number of anilines is 1. The van der Waals surface area contributed by atoms with E-state index in [1.54, 1.807) is 24.3 Å². The lowest BCUT2D eigenvalue weighted by Crippen LogP contribution is -2.33. The molecule has 0 radical (unpaired) electrons. The predicted molar refractivity (Wildman–Crippen MR) is 126 cm³/mol. The van der Waals surface area contributed by atoms with E-state index in [0.29, 0.717) is 0 Å². The first-order valence-corrected chi connectivity index (χ1v) is 10.3. The lowest BCUT2D eigenvalue weighted by Gasteiger charge is -2.21. The van der Waals surface area contributed by atoms with Crippen molar-refractivity contribution in [3.05, 3.63) is 112 Å². The number of carboxylic acid groups (broad SMARTS) is 1. The summed E-state index contributed by atoms with van der Waals surface area (Å²) in [7, 11) is 0. The summed E-state index contributed by atoms with van der Waals surface area (Å²) in [5.74, 6) is -2.66. The van der Waals surface area contributed by atoms with Gasteiger partial charge in [0.1, 0.15) is 5.82 Å². The number of carboxylic acids is 1. The Kier molecular flexibility index (Phi) is 6.35. The van der Waals surface area contributed by atoms with Crippen molar-refractivity contribution in [2.24, 2.45) is 0 Å². The number of urea groups is 1. The number of aromatic amines is 1. The molecule has 170 valence electrons. The van der Waals surface area contributed by atoms with Crippen molar-refractivity contribution in [3.63, 3.8) is 0 Å². The van der Waals surface area contributed by atoms with Crippen LogP contribution in [0.5, 0.6) is 5.75 Å². The summed E-state index contributed by atoms with van der Waals surface area (Å²) >= 11 is 0. The summed E-state index contributed by atoms with van der Waals surface area (Å²) in [6, 6.07) is 24.4. The maximum absolute atomic E-state index is 13.0. The SMILES string of the molecule is O=C(Nc1ccccc1-c1nc(C(=O)O)c(O)c(=O)[nH]1)NC(c1ccccc1)c1ccccc1. The minimum atomic E-state index is -1.55. The monoisotopic (exact) mass is 456 g/mol. The normalized spacial score (nSPS) is 10.6. The van der Waals surface area contributed by atoms with E-state index in [-0.39, 0.29) is 17.1 Å². The van der Waals surface area contributed by atoms with Gasteiger partial charge in [-0.2, -0.15) is 0 Å². The van der Waals surface area contributed by atoms with E-state index in [4.69, 9.17) is 0 Å². The molecular formula is C25H20N4O5. The number of benzene rings is 3. The first-order valence-electron chi connectivity index (χ1n) is 10.3. The average molecular weight is 456 g/mol. The van der Waals surface area contributed by atoms with E-state index in [0.717, 1.165) is 11.1 Å². The number of para-hydroxylation sites is 1. The van der Waals surface area contributed by atoms with E-state index in [1.165, 1.54) is 0 Å². The number of aromatic nitrogens is 2. The van der Waals surface area contributed by atoms with Gasteiger partial charge in [0.15, 0.2) is 5.69 Å². The number of aromatic hydroxyl groups is 1. The molecule has 1 heterocycles. The fourth-order valence-corrected chi connectivity index (χ4v) is 3.48. The van der Waals surface area contributed by atoms with Crippen molar-refractivity contribution in [1.29, 1.82) is 0 Å². The number of nitrogens with one attached hydrogen (secondary N) is 3. The molecule has 0 saturated carbocycles. The minimum Gasteiger partial charge on any atom is -0.501 e. The summed E-state index contributed by atoms with van der Waals surface area (Å²) < 4.78 is 0. The molecule has 0 aliphatic rings. The van der Waals surface area contributed by atoms with Crippen molar-refractivity contribution < 1.29 is 19.8 Å². The number of rotatable bonds is 6. The Balaban J connectivity index is 1.65. The number of carbonyl (C=O) groups excluding carboxylic acids is 1. The number of hydrogen-bond donors (Lipinski definition) is 5. The first kappa shape index (κ1) is 22.3. The Labute approximate surface area is 193 Å². The molecule has 5 N–H and O–H groups in total. The quantitative estimate of drug-likeness (QED) is 0.299. The molecule has 0 saturated heterocycles. The summed E-state index contributed by atoms with van der Waals surface area (Å²) in [5, 5.41) is 24.6. The fourth-order valence-electron chi connectivity index (χ4n) is 3.48. The van der Waals surface area contributed by atoms with Crippen LogP contribution in [0.25, 0.3) is 11.4 Å². The van der Waals surface area contributed by atoms with E-state index in [2.05, 4.69) is 20.6 Å². The van der Waals surface area contributed by atoms with Crippen molar-refractivity contribution in [3.8, 4) is 17.1 Å². The minimum absolute atomic E-state index is 0.112. The van der Waals surface area contributed by atoms with Gasteiger partial charge in [-0.25, -0.2) is 14.6 Å². The highest BCUT2D eigenvalue weighted by atomic mass is 16.4. The molecule has 1 aromatic heterocycles. The van der Waals surface area contributed by atoms with E-state index in [1.807, 2.05) is 60.7 Å². The number of nitrogens with zero attached hydrogens (tertiary/aromatic N) is 1. The molecule has 2 amide bonds. The van der Waals surface area contributed by atoms with Crippen LogP contribution in [-0.4, -0.2) is 32.2 Å². The van der Waals surface area contributed by atoms with Crippen LogP contribution in [0.4, 0.5) is 10.5 Å². The largest absolute Gasteiger partial charge is 0.501 e. The second-order valence-electron chi connectivity index (χ2n) is 7.32. The maximum Gasteiger partial charge on any atom is 0.358 e. The molecular weight excluding hydrogens is 436 g/mol. The van der Waals surface area contributed by atoms with Crippen LogP contribution in [0.15, 0.2) is 89.7 Å². The highest BCUT2D eigenvalue weighted by Gasteiger charge is 2.20. The Morgan fingerprint density at radius 2 is 1.41 bits per heavy atom. The average Bonchev–Trinajstić information content (AvgIpc) is 2.85. The van der Waals surface area contributed by atoms with Gasteiger partial charge in [-0.15, -0.1) is 0 Å². The number of amides is 2. The predicted octanol–water partition coefficient (Wildman–Crippen LogP) is 3.75. The van der Waals surface area contributed by atoms with E-state index >= 15 is 0 Å². The van der Waals surface area contributed by atoms with Gasteiger partial charge >= 0.3 is 12.0 Å². The van der Waals surface area contributed by atoms with E-state index in [9.17, 15) is 24.6 Å². The van der Waals surface area contributed by atoms with Gasteiger partial charge in [0.05, 0.1) is 11.7 Å². The molecule has 0 aliphatic heterocycles. The molecule has 3 aromatic carbocycles. The van der Waals surface area contributed by atoms with Gasteiger partial charge < -0.3 is 25.8 Å². The summed E-state index contributed by atoms with van der Waals surface area (Å²) in [6.45, 7) is 0. The zero-order chi connectivity index (χ0) is 24.1. The summed E-state index contributed by atoms with van der Waals surface area (Å²) in [4.78, 5) is 42.6. The third-order valence-electron chi connectivity index (χ3n) is 5.07. The second-order valence-corrected chi connectivity index (χ2v) is 7.32. The van der Waals surface area contributed by atoms with Crippen LogP contribution in [-0.2, 0) is 0 Å². The standard InChI is InChI=1S/C25H20N4O5/c30-21-20(24(32)33)27-22(29-23(21)31)17-13-7-8-14-18(17)26-25(34)28-19(15-9-3-1-4-10-15)16-11-5-2-6-12-16/h1-14,19,30H,(H,32,33)(H2,26,28,34)(H,27,29,31). The third-order valence-corrected chi connectivity index (χ3v) is 5.07. The zero-order valence-electron chi connectivity index (χ0n) is 17.7. The van der Waals surface area contributed by atoms with Gasteiger partial charge in [0.2, 0.25) is 5.75 Å². The Bertz CT molecular complexity index is 1350. The van der Waals surface area contributed by atoms with Crippen LogP contribution in [0, 0.1) is 0 Å². The summed E-state index contributed by atoms with van der Waals surface area (Å²) in [6.07, 6.45) is 0. The molecule has 0 fully saturated rings. The second kappa shape index (κ2) is 9.70. The van der Waals surface area contributed by atoms with Crippen LogP contribution in [0.1, 0.15) is 27.7 Å². The van der Waals surface area contributed by atoms with Gasteiger partial charge in [0.25, 0.3) is 5.56 Å². The first-order chi connectivity index (χ1) is 16.4. The van der Waals surface area contributed by atoms with Crippen molar-refractivity contribution in [2.75, 3.05) is 5.32 Å². The Morgan fingerprint density at radius 1 is 0.853 bits per heavy atom. The van der Waals surface area contributed by atoms with Crippen molar-refractivity contribution in [1.82, 2.24) is 15.3 Å². The summed E-state index contributed by atoms with van der Waals surface area (Å²) in [5.41, 5.74) is 0.528. The number of aromatic carboxylic acids is 1. The van der Waals surface area contributed by atoms with Crippen molar-refractivity contribution >= 4 is 17.7 Å². The number of H-pyrrole nitrogens is 1. The molecule has 9 heteroatoms. The molecule has 0 unspecified atom stereocenters. The van der Waals surface area contributed by atoms with E-state index < -0.39 is 35.0 Å². The lowest BCUT2D eigenvalue weighted by molar-refractivity contribution is 0.0686. The van der Waals surface area contributed by atoms with Gasteiger partial charge in [-0.05, 0) is 23.3 Å². The third kappa shape index (κ3) is 4.78. The van der Waals surface area contributed by atoms with Crippen LogP contribution >= 0.6 is 0 Å². The molecule has 0 atom stereocenters. The highest BCUT2D eigenvalue weighted by molar-refractivity contribution is 5.94. The maximum atomic E-state index is 13.0. The fraction of sp³-hybridized carbons (Fsp3) is 0.0400. The van der Waals surface area contributed by atoms with Gasteiger partial charge in [-0.1, -0.05) is 72.8 Å². The van der Waals surface area contributed by atoms with Crippen LogP contribution < -0.4 is 16.2 Å². The molecule has 34 heavy (non-hydrogen) atoms. The number of carbonyl (C=O) groups is 2. The molecule has 0 spiro atoms. The topological polar surface area (TPSA) is 144 Å². The molecule has 0 aliphatic carbocycles. The van der Waals surface area contributed by atoms with Gasteiger partial charge in [-0.3, -0.25) is 4.79 Å². The van der Waals surface area contributed by atoms with Gasteiger partial charge in [0, 0.05) is 5.56 Å². The molecule has 0 bridgehead atoms. The highest BCUT2D eigenvalue weighted by Crippen LogP contribution is 2.27. The van der Waals surface area contributed by atoms with Crippen LogP contribution in [0.2, 0.25) is 0 Å². The molecule has 4 rings (SSSR count). The smallest absolute Gasteiger partial charge is 0.358 e. The lowest BCUT2D eigenvalue weighted by atomic mass is 9.99. The molecule has 4 aromatic rings. The number of hydrogen-bond acceptors (Lipinski definition) is 5. The molecule has 9 nitrogen and oxygen atoms in total. The Morgan fingerprint density at radius 3 is 2.00 bits per heavy atom. The zero-order valence-corrected chi connectivity index (χ0v) is 17.7. The van der Waals surface area contributed by atoms with Crippen LogP contribution in [0.3, 0.4) is 0 Å².